The highest BCUT2D eigenvalue weighted by Gasteiger charge is 2.15. The number of hydrogen-bond donors (Lipinski definition) is 1. The summed E-state index contributed by atoms with van der Waals surface area (Å²) in [4.78, 5) is 12.4. The summed E-state index contributed by atoms with van der Waals surface area (Å²) in [5.74, 6) is 0.363. The lowest BCUT2D eigenvalue weighted by atomic mass is 10.1. The molecule has 0 saturated heterocycles. The molecule has 2 aromatic rings. The lowest BCUT2D eigenvalue weighted by Gasteiger charge is -2.14. The molecule has 0 fully saturated rings. The van der Waals surface area contributed by atoms with E-state index >= 15 is 0 Å². The van der Waals surface area contributed by atoms with Crippen molar-refractivity contribution in [3.05, 3.63) is 55.4 Å². The van der Waals surface area contributed by atoms with Gasteiger partial charge in [0.2, 0.25) is 0 Å². The van der Waals surface area contributed by atoms with Crippen molar-refractivity contribution in [3.63, 3.8) is 0 Å². The van der Waals surface area contributed by atoms with Crippen molar-refractivity contribution in [2.24, 2.45) is 0 Å². The van der Waals surface area contributed by atoms with E-state index in [-0.39, 0.29) is 5.91 Å². The number of amides is 1. The highest BCUT2D eigenvalue weighted by atomic mass is 79.9. The molecule has 3 nitrogen and oxygen atoms in total. The van der Waals surface area contributed by atoms with Crippen molar-refractivity contribution in [1.29, 1.82) is 0 Å². The summed E-state index contributed by atoms with van der Waals surface area (Å²) in [7, 11) is 1.56. The highest BCUT2D eigenvalue weighted by molar-refractivity contribution is 9.10. The van der Waals surface area contributed by atoms with Gasteiger partial charge in [-0.3, -0.25) is 4.79 Å². The fourth-order valence-corrected chi connectivity index (χ4v) is 3.30. The first-order valence-electron chi connectivity index (χ1n) is 6.03. The maximum Gasteiger partial charge on any atom is 0.256 e. The fraction of sp³-hybridized carbons (Fsp3) is 0.133. The van der Waals surface area contributed by atoms with Crippen LogP contribution in [-0.2, 0) is 0 Å². The molecular weight excluding hydrogens is 421 g/mol. The van der Waals surface area contributed by atoms with Gasteiger partial charge in [0, 0.05) is 14.0 Å². The van der Waals surface area contributed by atoms with Crippen LogP contribution in [0.1, 0.15) is 15.9 Å². The second-order valence-corrected chi connectivity index (χ2v) is 6.58. The molecule has 0 radical (unpaired) electrons. The number of ether oxygens (including phenoxy) is 1. The third-order valence-corrected chi connectivity index (χ3v) is 4.25. The molecule has 0 atom stereocenters. The first-order chi connectivity index (χ1) is 9.92. The van der Waals surface area contributed by atoms with Crippen LogP contribution in [0, 0.1) is 6.92 Å². The van der Waals surface area contributed by atoms with E-state index in [4.69, 9.17) is 16.3 Å². The van der Waals surface area contributed by atoms with Gasteiger partial charge >= 0.3 is 0 Å². The van der Waals surface area contributed by atoms with E-state index in [0.29, 0.717) is 26.5 Å². The van der Waals surface area contributed by atoms with Crippen LogP contribution in [0.2, 0.25) is 5.02 Å². The largest absolute Gasteiger partial charge is 0.495 e. The normalized spacial score (nSPS) is 10.3. The summed E-state index contributed by atoms with van der Waals surface area (Å²) in [6.45, 7) is 1.90. The zero-order valence-corrected chi connectivity index (χ0v) is 15.3. The van der Waals surface area contributed by atoms with Gasteiger partial charge in [0.25, 0.3) is 5.91 Å². The van der Waals surface area contributed by atoms with E-state index in [1.165, 1.54) is 0 Å². The third kappa shape index (κ3) is 3.78. The van der Waals surface area contributed by atoms with E-state index in [1.54, 1.807) is 31.4 Å². The number of methoxy groups -OCH3 is 1. The predicted molar refractivity (Wildman–Crippen MR) is 92.5 cm³/mol. The second-order valence-electron chi connectivity index (χ2n) is 4.38. The van der Waals surface area contributed by atoms with Gasteiger partial charge in [0.15, 0.2) is 0 Å². The molecule has 0 heterocycles. The number of anilines is 1. The first kappa shape index (κ1) is 16.3. The van der Waals surface area contributed by atoms with Crippen LogP contribution in [0.3, 0.4) is 0 Å². The van der Waals surface area contributed by atoms with Crippen molar-refractivity contribution < 1.29 is 9.53 Å². The second kappa shape index (κ2) is 6.81. The minimum Gasteiger partial charge on any atom is -0.495 e. The minimum absolute atomic E-state index is 0.234. The predicted octanol–water partition coefficient (Wildman–Crippen LogP) is 5.43. The van der Waals surface area contributed by atoms with E-state index in [1.807, 2.05) is 13.0 Å². The number of aryl methyl sites for hydroxylation is 1. The summed E-state index contributed by atoms with van der Waals surface area (Å²) in [6.07, 6.45) is 0. The Kier molecular flexibility index (Phi) is 5.30. The van der Waals surface area contributed by atoms with Crippen LogP contribution in [-0.4, -0.2) is 13.0 Å². The van der Waals surface area contributed by atoms with Crippen LogP contribution < -0.4 is 10.1 Å². The topological polar surface area (TPSA) is 38.3 Å². The first-order valence-corrected chi connectivity index (χ1v) is 7.99. The molecule has 110 valence electrons. The van der Waals surface area contributed by atoms with Gasteiger partial charge in [-0.15, -0.1) is 0 Å². The summed E-state index contributed by atoms with van der Waals surface area (Å²) < 4.78 is 6.85. The minimum atomic E-state index is -0.234. The zero-order chi connectivity index (χ0) is 15.6. The van der Waals surface area contributed by atoms with Gasteiger partial charge in [-0.25, -0.2) is 0 Å². The van der Waals surface area contributed by atoms with E-state index in [2.05, 4.69) is 37.2 Å². The van der Waals surface area contributed by atoms with Crippen LogP contribution in [0.15, 0.2) is 39.3 Å². The van der Waals surface area contributed by atoms with Crippen molar-refractivity contribution in [1.82, 2.24) is 0 Å². The number of nitrogens with one attached hydrogen (secondary N) is 1. The molecule has 6 heteroatoms. The molecule has 0 saturated carbocycles. The fourth-order valence-electron chi connectivity index (χ4n) is 1.89. The average Bonchev–Trinajstić information content (AvgIpc) is 2.41. The van der Waals surface area contributed by atoms with Crippen molar-refractivity contribution >= 4 is 55.1 Å². The van der Waals surface area contributed by atoms with Gasteiger partial charge < -0.3 is 10.1 Å². The summed E-state index contributed by atoms with van der Waals surface area (Å²) in [5.41, 5.74) is 2.05. The Morgan fingerprint density at radius 3 is 2.57 bits per heavy atom. The SMILES string of the molecule is COc1cc(Br)cc(C)c1NC(=O)c1ccc(Cl)cc1Br. The monoisotopic (exact) mass is 431 g/mol. The van der Waals surface area contributed by atoms with Gasteiger partial charge in [0.05, 0.1) is 18.4 Å². The smallest absolute Gasteiger partial charge is 0.256 e. The Bertz CT molecular complexity index is 704. The van der Waals surface area contributed by atoms with Crippen LogP contribution >= 0.6 is 43.5 Å². The number of halogens is 3. The lowest BCUT2D eigenvalue weighted by molar-refractivity contribution is 0.102. The number of carbonyl (C=O) groups is 1. The average molecular weight is 434 g/mol. The van der Waals surface area contributed by atoms with Crippen molar-refractivity contribution in [2.75, 3.05) is 12.4 Å². The Morgan fingerprint density at radius 1 is 1.24 bits per heavy atom. The molecule has 0 spiro atoms. The number of benzene rings is 2. The van der Waals surface area contributed by atoms with Crippen molar-refractivity contribution in [3.8, 4) is 5.75 Å². The van der Waals surface area contributed by atoms with E-state index in [9.17, 15) is 4.79 Å². The third-order valence-electron chi connectivity index (χ3n) is 2.90. The molecule has 1 amide bonds. The molecule has 0 bridgehead atoms. The standard InChI is InChI=1S/C15H12Br2ClNO2/c1-8-5-9(16)6-13(21-2)14(8)19-15(20)11-4-3-10(18)7-12(11)17/h3-7H,1-2H3,(H,19,20). The van der Waals surface area contributed by atoms with E-state index in [0.717, 1.165) is 10.0 Å². The maximum atomic E-state index is 12.4. The molecule has 0 aliphatic heterocycles. The number of hydrogen-bond acceptors (Lipinski definition) is 2. The molecule has 0 aliphatic carbocycles. The van der Waals surface area contributed by atoms with Gasteiger partial charge in [0.1, 0.15) is 5.75 Å². The Balaban J connectivity index is 2.36. The molecule has 2 aromatic carbocycles. The van der Waals surface area contributed by atoms with Gasteiger partial charge in [-0.05, 0) is 58.7 Å². The molecule has 0 unspecified atom stereocenters. The number of rotatable bonds is 3. The van der Waals surface area contributed by atoms with Crippen molar-refractivity contribution in [2.45, 2.75) is 6.92 Å². The van der Waals surface area contributed by atoms with Crippen LogP contribution in [0.4, 0.5) is 5.69 Å². The number of carbonyl (C=O) groups excluding carboxylic acids is 1. The molecule has 2 rings (SSSR count). The quantitative estimate of drug-likeness (QED) is 0.701. The van der Waals surface area contributed by atoms with Gasteiger partial charge in [-0.1, -0.05) is 27.5 Å². The van der Waals surface area contributed by atoms with E-state index < -0.39 is 0 Å². The summed E-state index contributed by atoms with van der Waals surface area (Å²) in [5, 5.41) is 3.44. The van der Waals surface area contributed by atoms with Crippen LogP contribution in [0.25, 0.3) is 0 Å². The molecule has 21 heavy (non-hydrogen) atoms. The van der Waals surface area contributed by atoms with Crippen LogP contribution in [0.5, 0.6) is 5.75 Å². The Labute approximate surface area is 144 Å². The lowest BCUT2D eigenvalue weighted by Crippen LogP contribution is -2.14. The Hall–Kier alpha value is -1.04. The molecular formula is C15H12Br2ClNO2. The molecule has 1 N–H and O–H groups in total. The summed E-state index contributed by atoms with van der Waals surface area (Å²) >= 11 is 12.6. The van der Waals surface area contributed by atoms with Gasteiger partial charge in [-0.2, -0.15) is 0 Å². The maximum absolute atomic E-state index is 12.4. The molecule has 0 aliphatic rings. The summed E-state index contributed by atoms with van der Waals surface area (Å²) in [6, 6.07) is 8.74. The zero-order valence-electron chi connectivity index (χ0n) is 11.3. The molecule has 0 aromatic heterocycles. The highest BCUT2D eigenvalue weighted by Crippen LogP contribution is 2.33. The Morgan fingerprint density at radius 2 is 1.95 bits per heavy atom.